The van der Waals surface area contributed by atoms with E-state index < -0.39 is 0 Å². The number of halogens is 1. The number of hydrogen-bond acceptors (Lipinski definition) is 4. The van der Waals surface area contributed by atoms with Crippen LogP contribution in [0.4, 0.5) is 5.69 Å². The Labute approximate surface area is 154 Å². The van der Waals surface area contributed by atoms with Gasteiger partial charge < -0.3 is 9.47 Å². The van der Waals surface area contributed by atoms with Gasteiger partial charge >= 0.3 is 0 Å². The van der Waals surface area contributed by atoms with Crippen LogP contribution in [-0.2, 0) is 0 Å². The van der Waals surface area contributed by atoms with Crippen molar-refractivity contribution < 1.29 is 9.47 Å². The van der Waals surface area contributed by atoms with Gasteiger partial charge in [-0.2, -0.15) is 0 Å². The van der Waals surface area contributed by atoms with Crippen molar-refractivity contribution in [3.8, 4) is 11.5 Å². The minimum atomic E-state index is 0.111. The summed E-state index contributed by atoms with van der Waals surface area (Å²) in [4.78, 5) is 0. The number of rotatable bonds is 4. The van der Waals surface area contributed by atoms with Crippen LogP contribution < -0.4 is 14.5 Å². The number of aryl methyl sites for hydroxylation is 1. The molecule has 0 bridgehead atoms. The Morgan fingerprint density at radius 3 is 2.32 bits per heavy atom. The summed E-state index contributed by atoms with van der Waals surface area (Å²) in [6, 6.07) is 12.3. The molecular weight excluding hydrogens is 336 g/mol. The standard InChI is InChI=1S/C20H23ClN2O2/c1-13-6-8-16(12-17(13)21)23-14(2)10-18(22(23)3)15-7-9-19(24-4)20(11-15)25-5/h6-12,18H,1-5H3. The van der Waals surface area contributed by atoms with Crippen molar-refractivity contribution in [1.82, 2.24) is 5.01 Å². The average Bonchev–Trinajstić information content (AvgIpc) is 2.91. The van der Waals surface area contributed by atoms with Crippen LogP contribution in [0.1, 0.15) is 24.1 Å². The normalized spacial score (nSPS) is 17.6. The second-order valence-electron chi connectivity index (χ2n) is 6.19. The lowest BCUT2D eigenvalue weighted by Crippen LogP contribution is -2.35. The summed E-state index contributed by atoms with van der Waals surface area (Å²) in [6.07, 6.45) is 2.23. The molecule has 2 aromatic carbocycles. The van der Waals surface area contributed by atoms with Crippen molar-refractivity contribution in [2.75, 3.05) is 26.3 Å². The highest BCUT2D eigenvalue weighted by Crippen LogP contribution is 2.39. The summed E-state index contributed by atoms with van der Waals surface area (Å²) in [5.41, 5.74) is 4.42. The highest BCUT2D eigenvalue weighted by molar-refractivity contribution is 6.31. The van der Waals surface area contributed by atoms with Gasteiger partial charge in [-0.05, 0) is 55.3 Å². The largest absolute Gasteiger partial charge is 0.493 e. The number of methoxy groups -OCH3 is 2. The number of ether oxygens (including phenoxy) is 2. The molecule has 25 heavy (non-hydrogen) atoms. The average molecular weight is 359 g/mol. The highest BCUT2D eigenvalue weighted by Gasteiger charge is 2.30. The molecule has 0 spiro atoms. The molecule has 3 rings (SSSR count). The van der Waals surface area contributed by atoms with Crippen molar-refractivity contribution in [1.29, 1.82) is 0 Å². The topological polar surface area (TPSA) is 24.9 Å². The zero-order chi connectivity index (χ0) is 18.1. The number of benzene rings is 2. The molecule has 1 aliphatic rings. The van der Waals surface area contributed by atoms with Gasteiger partial charge in [-0.1, -0.05) is 23.7 Å². The maximum Gasteiger partial charge on any atom is 0.161 e. The van der Waals surface area contributed by atoms with Crippen LogP contribution in [0.25, 0.3) is 0 Å². The first-order chi connectivity index (χ1) is 12.0. The van der Waals surface area contributed by atoms with E-state index in [0.717, 1.165) is 39.0 Å². The molecule has 1 atom stereocenters. The molecule has 0 saturated carbocycles. The lowest BCUT2D eigenvalue weighted by atomic mass is 10.1. The zero-order valence-electron chi connectivity index (χ0n) is 15.2. The van der Waals surface area contributed by atoms with E-state index in [1.54, 1.807) is 14.2 Å². The Kier molecular flexibility index (Phi) is 4.93. The fourth-order valence-corrected chi connectivity index (χ4v) is 3.40. The third-order valence-corrected chi connectivity index (χ3v) is 5.01. The van der Waals surface area contributed by atoms with Gasteiger partial charge in [0, 0.05) is 17.8 Å². The first kappa shape index (κ1) is 17.6. The molecule has 0 aromatic heterocycles. The first-order valence-electron chi connectivity index (χ1n) is 8.15. The highest BCUT2D eigenvalue weighted by atomic mass is 35.5. The van der Waals surface area contributed by atoms with Gasteiger partial charge in [0.15, 0.2) is 11.5 Å². The van der Waals surface area contributed by atoms with Crippen LogP contribution >= 0.6 is 11.6 Å². The second-order valence-corrected chi connectivity index (χ2v) is 6.59. The number of nitrogens with zero attached hydrogens (tertiary/aromatic N) is 2. The molecular formula is C20H23ClN2O2. The van der Waals surface area contributed by atoms with Crippen LogP contribution in [0.2, 0.25) is 5.02 Å². The van der Waals surface area contributed by atoms with E-state index in [1.165, 1.54) is 0 Å². The predicted molar refractivity (Wildman–Crippen MR) is 102 cm³/mol. The van der Waals surface area contributed by atoms with Gasteiger partial charge in [0.1, 0.15) is 0 Å². The van der Waals surface area contributed by atoms with Crippen molar-refractivity contribution in [3.05, 3.63) is 64.3 Å². The monoisotopic (exact) mass is 358 g/mol. The lowest BCUT2D eigenvalue weighted by molar-refractivity contribution is 0.304. The zero-order valence-corrected chi connectivity index (χ0v) is 16.0. The first-order valence-corrected chi connectivity index (χ1v) is 8.53. The minimum Gasteiger partial charge on any atom is -0.493 e. The molecule has 132 valence electrons. The van der Waals surface area contributed by atoms with E-state index in [4.69, 9.17) is 21.1 Å². The Balaban J connectivity index is 1.94. The van der Waals surface area contributed by atoms with Crippen molar-refractivity contribution in [3.63, 3.8) is 0 Å². The molecule has 5 heteroatoms. The molecule has 0 radical (unpaired) electrons. The molecule has 0 N–H and O–H groups in total. The Morgan fingerprint density at radius 2 is 1.68 bits per heavy atom. The Hall–Kier alpha value is -2.17. The van der Waals surface area contributed by atoms with E-state index in [2.05, 4.69) is 42.2 Å². The summed E-state index contributed by atoms with van der Waals surface area (Å²) >= 11 is 6.32. The van der Waals surface area contributed by atoms with Crippen molar-refractivity contribution in [2.45, 2.75) is 19.9 Å². The Bertz CT molecular complexity index is 819. The second kappa shape index (κ2) is 6.98. The smallest absolute Gasteiger partial charge is 0.161 e. The van der Waals surface area contributed by atoms with Crippen molar-refractivity contribution in [2.24, 2.45) is 0 Å². The van der Waals surface area contributed by atoms with E-state index in [0.29, 0.717) is 0 Å². The minimum absolute atomic E-state index is 0.111. The molecule has 0 aliphatic carbocycles. The molecule has 0 fully saturated rings. The van der Waals surface area contributed by atoms with Crippen molar-refractivity contribution >= 4 is 17.3 Å². The molecule has 1 unspecified atom stereocenters. The number of allylic oxidation sites excluding steroid dienone is 1. The number of hydrazine groups is 1. The SMILES string of the molecule is COc1ccc(C2C=C(C)N(c3ccc(C)c(Cl)c3)N2C)cc1OC. The number of likely N-dealkylation sites (N-methyl/N-ethyl adjacent to an activating group) is 1. The molecule has 1 aliphatic heterocycles. The molecule has 4 nitrogen and oxygen atoms in total. The van der Waals surface area contributed by atoms with E-state index in [1.807, 2.05) is 31.2 Å². The van der Waals surface area contributed by atoms with Gasteiger partial charge in [-0.15, -0.1) is 0 Å². The fraction of sp³-hybridized carbons (Fsp3) is 0.300. The van der Waals surface area contributed by atoms with Crippen LogP contribution in [-0.4, -0.2) is 26.3 Å². The third-order valence-electron chi connectivity index (χ3n) is 4.60. The summed E-state index contributed by atoms with van der Waals surface area (Å²) < 4.78 is 10.8. The summed E-state index contributed by atoms with van der Waals surface area (Å²) in [7, 11) is 5.37. The van der Waals surface area contributed by atoms with E-state index in [9.17, 15) is 0 Å². The molecule has 1 heterocycles. The summed E-state index contributed by atoms with van der Waals surface area (Å²) in [5, 5.41) is 5.14. The van der Waals surface area contributed by atoms with Gasteiger partial charge in [0.2, 0.25) is 0 Å². The van der Waals surface area contributed by atoms with Gasteiger partial charge in [-0.25, -0.2) is 5.01 Å². The Morgan fingerprint density at radius 1 is 0.960 bits per heavy atom. The van der Waals surface area contributed by atoms with E-state index in [-0.39, 0.29) is 6.04 Å². The van der Waals surface area contributed by atoms with Crippen LogP contribution in [0.3, 0.4) is 0 Å². The number of hydrogen-bond donors (Lipinski definition) is 0. The summed E-state index contributed by atoms with van der Waals surface area (Å²) in [6.45, 7) is 4.11. The summed E-state index contributed by atoms with van der Waals surface area (Å²) in [5.74, 6) is 1.46. The van der Waals surface area contributed by atoms with E-state index >= 15 is 0 Å². The van der Waals surface area contributed by atoms with Crippen LogP contribution in [0.5, 0.6) is 11.5 Å². The quantitative estimate of drug-likeness (QED) is 0.769. The molecule has 0 amide bonds. The van der Waals surface area contributed by atoms with Gasteiger partial charge in [0.05, 0.1) is 25.9 Å². The van der Waals surface area contributed by atoms with Crippen LogP contribution in [0, 0.1) is 6.92 Å². The number of anilines is 1. The molecule has 0 saturated heterocycles. The maximum absolute atomic E-state index is 6.32. The molecule has 2 aromatic rings. The van der Waals surface area contributed by atoms with Gasteiger partial charge in [-0.3, -0.25) is 5.01 Å². The maximum atomic E-state index is 6.32. The predicted octanol–water partition coefficient (Wildman–Crippen LogP) is 4.98. The van der Waals surface area contributed by atoms with Gasteiger partial charge in [0.25, 0.3) is 0 Å². The van der Waals surface area contributed by atoms with Crippen LogP contribution in [0.15, 0.2) is 48.2 Å². The third kappa shape index (κ3) is 3.20. The lowest BCUT2D eigenvalue weighted by Gasteiger charge is -2.32. The fourth-order valence-electron chi connectivity index (χ4n) is 3.23.